The molecule has 1 N–H and O–H groups in total. The molecule has 1 aromatic carbocycles. The van der Waals surface area contributed by atoms with Gasteiger partial charge in [0.15, 0.2) is 0 Å². The van der Waals surface area contributed by atoms with E-state index in [0.717, 1.165) is 55.4 Å². The first-order valence-electron chi connectivity index (χ1n) is 13.3. The van der Waals surface area contributed by atoms with Gasteiger partial charge in [0.2, 0.25) is 0 Å². The summed E-state index contributed by atoms with van der Waals surface area (Å²) in [7, 11) is 0. The van der Waals surface area contributed by atoms with Gasteiger partial charge in [0.25, 0.3) is 0 Å². The summed E-state index contributed by atoms with van der Waals surface area (Å²) < 4.78 is 0. The van der Waals surface area contributed by atoms with Gasteiger partial charge in [-0.1, -0.05) is 115 Å². The maximum Gasteiger partial charge on any atom is 0.0551 e. The molecule has 1 saturated carbocycles. The third kappa shape index (κ3) is 8.29. The SMILES string of the molecule is C=C(/C=C/c1ccccc1)C[C@H]1C[C@H](O)C[C@@](C)(C(=C)CCC(C)C(C)C(C)C(C)CC)C1. The normalized spacial score (nSPS) is 27.1. The molecule has 1 nitrogen and oxygen atoms in total. The Hall–Kier alpha value is -1.60. The molecular formula is C32H50O. The Morgan fingerprint density at radius 1 is 1.06 bits per heavy atom. The zero-order valence-electron chi connectivity index (χ0n) is 22.3. The summed E-state index contributed by atoms with van der Waals surface area (Å²) in [4.78, 5) is 0. The molecule has 0 saturated heterocycles. The van der Waals surface area contributed by atoms with Gasteiger partial charge >= 0.3 is 0 Å². The summed E-state index contributed by atoms with van der Waals surface area (Å²) in [5, 5.41) is 10.7. The minimum absolute atomic E-state index is 0.0248. The molecule has 0 heterocycles. The number of aliphatic hydroxyl groups is 1. The summed E-state index contributed by atoms with van der Waals surface area (Å²) >= 11 is 0. The lowest BCUT2D eigenvalue weighted by atomic mass is 9.63. The van der Waals surface area contributed by atoms with Crippen LogP contribution in [0, 0.1) is 35.0 Å². The smallest absolute Gasteiger partial charge is 0.0551 e. The van der Waals surface area contributed by atoms with E-state index in [4.69, 9.17) is 0 Å². The number of rotatable bonds is 12. The molecule has 0 amide bonds. The highest BCUT2D eigenvalue weighted by molar-refractivity contribution is 5.52. The highest BCUT2D eigenvalue weighted by Gasteiger charge is 2.38. The molecular weight excluding hydrogens is 400 g/mol. The van der Waals surface area contributed by atoms with Crippen molar-refractivity contribution >= 4 is 6.08 Å². The summed E-state index contributed by atoms with van der Waals surface area (Å²) in [6.07, 6.45) is 11.4. The number of hydrogen-bond acceptors (Lipinski definition) is 1. The van der Waals surface area contributed by atoms with Crippen molar-refractivity contribution in [2.24, 2.45) is 35.0 Å². The Morgan fingerprint density at radius 3 is 2.33 bits per heavy atom. The maximum atomic E-state index is 10.7. The van der Waals surface area contributed by atoms with E-state index in [-0.39, 0.29) is 11.5 Å². The van der Waals surface area contributed by atoms with Crippen molar-refractivity contribution in [3.63, 3.8) is 0 Å². The zero-order chi connectivity index (χ0) is 24.6. The van der Waals surface area contributed by atoms with Gasteiger partial charge in [-0.2, -0.15) is 0 Å². The van der Waals surface area contributed by atoms with Crippen LogP contribution in [0.1, 0.15) is 92.1 Å². The fraction of sp³-hybridized carbons (Fsp3) is 0.625. The number of benzene rings is 1. The number of allylic oxidation sites excluding steroid dienone is 3. The molecule has 1 aromatic rings. The standard InChI is InChI=1S/C32H50O/c1-9-24(3)27(6)28(7)25(4)16-17-26(5)32(8)21-30(20-31(33)22-32)19-23(2)15-18-29-13-11-10-12-14-29/h10-15,18,24-25,27-28,30-31,33H,2,5,9,16-17,19-22H2,1,3-4,6-8H3/b18-15+/t24?,25?,27?,28?,30-,31-,32-/m0/s1. The number of hydrogen-bond donors (Lipinski definition) is 1. The van der Waals surface area contributed by atoms with Crippen molar-refractivity contribution in [1.82, 2.24) is 0 Å². The van der Waals surface area contributed by atoms with Crippen LogP contribution in [0.5, 0.6) is 0 Å². The molecule has 1 aliphatic rings. The molecule has 0 spiro atoms. The van der Waals surface area contributed by atoms with E-state index in [1.165, 1.54) is 24.0 Å². The van der Waals surface area contributed by atoms with Crippen LogP contribution < -0.4 is 0 Å². The molecule has 0 aliphatic heterocycles. The highest BCUT2D eigenvalue weighted by atomic mass is 16.3. The molecule has 0 aromatic heterocycles. The van der Waals surface area contributed by atoms with Crippen molar-refractivity contribution in [3.05, 3.63) is 66.3 Å². The monoisotopic (exact) mass is 450 g/mol. The van der Waals surface area contributed by atoms with Crippen molar-refractivity contribution < 1.29 is 5.11 Å². The van der Waals surface area contributed by atoms with Gasteiger partial charge in [-0.05, 0) is 79.1 Å². The molecule has 1 heteroatoms. The lowest BCUT2D eigenvalue weighted by Crippen LogP contribution is -2.35. The summed E-state index contributed by atoms with van der Waals surface area (Å²) in [5.74, 6) is 3.42. The van der Waals surface area contributed by atoms with Gasteiger partial charge in [0.1, 0.15) is 0 Å². The average Bonchev–Trinajstić information content (AvgIpc) is 2.79. The van der Waals surface area contributed by atoms with Crippen molar-refractivity contribution in [2.75, 3.05) is 0 Å². The molecule has 1 fully saturated rings. The first-order valence-corrected chi connectivity index (χ1v) is 13.3. The van der Waals surface area contributed by atoms with Crippen LogP contribution in [0.25, 0.3) is 6.08 Å². The topological polar surface area (TPSA) is 20.2 Å². The third-order valence-corrected chi connectivity index (χ3v) is 8.92. The Morgan fingerprint density at radius 2 is 1.70 bits per heavy atom. The predicted octanol–water partition coefficient (Wildman–Crippen LogP) is 9.10. The van der Waals surface area contributed by atoms with Crippen LogP contribution in [0.2, 0.25) is 0 Å². The van der Waals surface area contributed by atoms with E-state index in [1.54, 1.807) is 0 Å². The molecule has 4 unspecified atom stereocenters. The van der Waals surface area contributed by atoms with Gasteiger partial charge in [0, 0.05) is 0 Å². The van der Waals surface area contributed by atoms with Crippen LogP contribution in [-0.4, -0.2) is 11.2 Å². The Kier molecular flexibility index (Phi) is 10.7. The van der Waals surface area contributed by atoms with Gasteiger partial charge in [-0.15, -0.1) is 0 Å². The van der Waals surface area contributed by atoms with Gasteiger partial charge in [-0.25, -0.2) is 0 Å². The molecule has 7 atom stereocenters. The quantitative estimate of drug-likeness (QED) is 0.249. The van der Waals surface area contributed by atoms with E-state index < -0.39 is 0 Å². The van der Waals surface area contributed by atoms with Crippen LogP contribution in [0.15, 0.2) is 60.7 Å². The molecule has 184 valence electrons. The molecule has 1 aliphatic carbocycles. The summed E-state index contributed by atoms with van der Waals surface area (Å²) in [6.45, 7) is 23.2. The fourth-order valence-electron chi connectivity index (χ4n) is 5.83. The Labute approximate surface area is 205 Å². The van der Waals surface area contributed by atoms with Crippen LogP contribution >= 0.6 is 0 Å². The van der Waals surface area contributed by atoms with Crippen molar-refractivity contribution in [1.29, 1.82) is 0 Å². The average molecular weight is 451 g/mol. The number of aliphatic hydroxyl groups excluding tert-OH is 1. The van der Waals surface area contributed by atoms with E-state index in [2.05, 4.69) is 91.1 Å². The molecule has 2 rings (SSSR count). The summed E-state index contributed by atoms with van der Waals surface area (Å²) in [5.41, 5.74) is 3.71. The zero-order valence-corrected chi connectivity index (χ0v) is 22.3. The van der Waals surface area contributed by atoms with Gasteiger partial charge in [0.05, 0.1) is 6.10 Å². The van der Waals surface area contributed by atoms with Crippen molar-refractivity contribution in [2.45, 2.75) is 92.6 Å². The van der Waals surface area contributed by atoms with Crippen LogP contribution in [-0.2, 0) is 0 Å². The van der Waals surface area contributed by atoms with Crippen LogP contribution in [0.4, 0.5) is 0 Å². The second-order valence-electron chi connectivity index (χ2n) is 11.6. The second kappa shape index (κ2) is 12.7. The van der Waals surface area contributed by atoms with Gasteiger partial charge < -0.3 is 5.11 Å². The molecule has 0 bridgehead atoms. The first-order chi connectivity index (χ1) is 15.6. The van der Waals surface area contributed by atoms with E-state index >= 15 is 0 Å². The Balaban J connectivity index is 1.92. The minimum Gasteiger partial charge on any atom is -0.393 e. The second-order valence-corrected chi connectivity index (χ2v) is 11.6. The maximum absolute atomic E-state index is 10.7. The summed E-state index contributed by atoms with van der Waals surface area (Å²) in [6, 6.07) is 10.4. The van der Waals surface area contributed by atoms with Crippen LogP contribution in [0.3, 0.4) is 0 Å². The fourth-order valence-corrected chi connectivity index (χ4v) is 5.83. The van der Waals surface area contributed by atoms with Crippen molar-refractivity contribution in [3.8, 4) is 0 Å². The van der Waals surface area contributed by atoms with Gasteiger partial charge in [-0.3, -0.25) is 0 Å². The van der Waals surface area contributed by atoms with E-state index in [0.29, 0.717) is 11.8 Å². The third-order valence-electron chi connectivity index (χ3n) is 8.92. The minimum atomic E-state index is -0.238. The van der Waals surface area contributed by atoms with E-state index in [9.17, 15) is 5.11 Å². The highest BCUT2D eigenvalue weighted by Crippen LogP contribution is 2.47. The Bertz CT molecular complexity index is 775. The largest absolute Gasteiger partial charge is 0.393 e. The first kappa shape index (κ1) is 27.6. The predicted molar refractivity (Wildman–Crippen MR) is 146 cm³/mol. The lowest BCUT2D eigenvalue weighted by Gasteiger charge is -2.43. The van der Waals surface area contributed by atoms with E-state index in [1.807, 2.05) is 6.07 Å². The molecule has 33 heavy (non-hydrogen) atoms. The lowest BCUT2D eigenvalue weighted by molar-refractivity contribution is 0.0405. The molecule has 0 radical (unpaired) electrons.